The third kappa shape index (κ3) is 2.24. The number of anilines is 1. The molecule has 1 N–H and O–H groups in total. The third-order valence-corrected chi connectivity index (χ3v) is 3.77. The molecule has 1 aromatic carbocycles. The number of hydrogen-bond donors (Lipinski definition) is 1. The molecule has 1 aromatic heterocycles. The lowest BCUT2D eigenvalue weighted by Gasteiger charge is -2.32. The van der Waals surface area contributed by atoms with Crippen molar-refractivity contribution in [1.29, 1.82) is 0 Å². The van der Waals surface area contributed by atoms with E-state index >= 15 is 0 Å². The molecule has 1 atom stereocenters. The molecule has 0 saturated heterocycles. The summed E-state index contributed by atoms with van der Waals surface area (Å²) in [4.78, 5) is 6.69. The predicted molar refractivity (Wildman–Crippen MR) is 75.0 cm³/mol. The molecule has 3 rings (SSSR count). The zero-order chi connectivity index (χ0) is 13.2. The molecular weight excluding hydrogens is 238 g/mol. The molecule has 1 unspecified atom stereocenters. The van der Waals surface area contributed by atoms with E-state index in [1.54, 1.807) is 0 Å². The van der Waals surface area contributed by atoms with Crippen LogP contribution in [-0.4, -0.2) is 21.2 Å². The minimum Gasteiger partial charge on any atom is -0.388 e. The molecule has 0 fully saturated rings. The number of benzene rings is 1. The number of rotatable bonds is 3. The Morgan fingerprint density at radius 1 is 1.32 bits per heavy atom. The summed E-state index contributed by atoms with van der Waals surface area (Å²) in [5.74, 6) is 1.09. The van der Waals surface area contributed by atoms with Gasteiger partial charge in [0.25, 0.3) is 0 Å². The van der Waals surface area contributed by atoms with E-state index in [1.165, 1.54) is 0 Å². The van der Waals surface area contributed by atoms with Gasteiger partial charge in [-0.2, -0.15) is 0 Å². The minimum absolute atomic E-state index is 0.391. The van der Waals surface area contributed by atoms with E-state index in [0.717, 1.165) is 43.1 Å². The number of imidazole rings is 1. The highest BCUT2D eigenvalue weighted by Gasteiger charge is 2.20. The van der Waals surface area contributed by atoms with Crippen LogP contribution in [0, 0.1) is 0 Å². The van der Waals surface area contributed by atoms with Gasteiger partial charge in [-0.1, -0.05) is 25.1 Å². The third-order valence-electron chi connectivity index (χ3n) is 3.77. The van der Waals surface area contributed by atoms with Gasteiger partial charge >= 0.3 is 0 Å². The standard InChI is InChI=1S/C15H19N3O/c1-2-14(19)12-5-3-4-6-13(12)18-10-9-17-8-7-16-15(17)11-18/h3-8,14,19H,2,9-11H2,1H3. The Morgan fingerprint density at radius 2 is 2.16 bits per heavy atom. The second kappa shape index (κ2) is 5.05. The van der Waals surface area contributed by atoms with Crippen molar-refractivity contribution in [1.82, 2.24) is 9.55 Å². The zero-order valence-electron chi connectivity index (χ0n) is 11.2. The molecule has 0 bridgehead atoms. The Kier molecular flexibility index (Phi) is 3.25. The van der Waals surface area contributed by atoms with E-state index in [-0.39, 0.29) is 0 Å². The highest BCUT2D eigenvalue weighted by Crippen LogP contribution is 2.30. The van der Waals surface area contributed by atoms with Crippen molar-refractivity contribution >= 4 is 5.69 Å². The Labute approximate surface area is 113 Å². The number of nitrogens with zero attached hydrogens (tertiary/aromatic N) is 3. The lowest BCUT2D eigenvalue weighted by atomic mass is 10.0. The van der Waals surface area contributed by atoms with Crippen molar-refractivity contribution in [2.75, 3.05) is 11.4 Å². The van der Waals surface area contributed by atoms with Crippen molar-refractivity contribution in [2.45, 2.75) is 32.5 Å². The highest BCUT2D eigenvalue weighted by molar-refractivity contribution is 5.55. The Morgan fingerprint density at radius 3 is 3.00 bits per heavy atom. The Hall–Kier alpha value is -1.81. The first-order valence-corrected chi connectivity index (χ1v) is 6.81. The number of aliphatic hydroxyl groups is 1. The van der Waals surface area contributed by atoms with Gasteiger partial charge in [0.2, 0.25) is 0 Å². The molecule has 100 valence electrons. The smallest absolute Gasteiger partial charge is 0.128 e. The quantitative estimate of drug-likeness (QED) is 0.917. The van der Waals surface area contributed by atoms with E-state index in [1.807, 2.05) is 37.5 Å². The Balaban J connectivity index is 1.91. The SMILES string of the molecule is CCC(O)c1ccccc1N1CCn2ccnc2C1. The van der Waals surface area contributed by atoms with Crippen molar-refractivity contribution in [3.05, 3.63) is 48.0 Å². The van der Waals surface area contributed by atoms with E-state index < -0.39 is 6.10 Å². The van der Waals surface area contributed by atoms with Gasteiger partial charge < -0.3 is 14.6 Å². The lowest BCUT2D eigenvalue weighted by Crippen LogP contribution is -2.34. The first-order valence-electron chi connectivity index (χ1n) is 6.81. The van der Waals surface area contributed by atoms with Crippen LogP contribution in [0.4, 0.5) is 5.69 Å². The van der Waals surface area contributed by atoms with Crippen molar-refractivity contribution in [2.24, 2.45) is 0 Å². The van der Waals surface area contributed by atoms with Crippen LogP contribution in [0.5, 0.6) is 0 Å². The number of aliphatic hydroxyl groups excluding tert-OH is 1. The average molecular weight is 257 g/mol. The summed E-state index contributed by atoms with van der Waals surface area (Å²) in [5.41, 5.74) is 2.15. The fourth-order valence-electron chi connectivity index (χ4n) is 2.66. The number of fused-ring (bicyclic) bond motifs is 1. The molecule has 4 nitrogen and oxygen atoms in total. The number of aromatic nitrogens is 2. The fourth-order valence-corrected chi connectivity index (χ4v) is 2.66. The van der Waals surface area contributed by atoms with Gasteiger partial charge in [0.15, 0.2) is 0 Å². The summed E-state index contributed by atoms with van der Waals surface area (Å²) in [6, 6.07) is 8.13. The van der Waals surface area contributed by atoms with Gasteiger partial charge in [0.1, 0.15) is 5.82 Å². The molecule has 0 aliphatic carbocycles. The second-order valence-corrected chi connectivity index (χ2v) is 4.94. The van der Waals surface area contributed by atoms with Gasteiger partial charge in [0.05, 0.1) is 12.6 Å². The summed E-state index contributed by atoms with van der Waals surface area (Å²) >= 11 is 0. The van der Waals surface area contributed by atoms with Gasteiger partial charge in [-0.25, -0.2) is 4.98 Å². The highest BCUT2D eigenvalue weighted by atomic mass is 16.3. The molecule has 19 heavy (non-hydrogen) atoms. The van der Waals surface area contributed by atoms with Crippen LogP contribution in [0.1, 0.15) is 30.8 Å². The minimum atomic E-state index is -0.391. The van der Waals surface area contributed by atoms with Gasteiger partial charge in [-0.05, 0) is 12.5 Å². The topological polar surface area (TPSA) is 41.3 Å². The van der Waals surface area contributed by atoms with Gasteiger partial charge in [-0.3, -0.25) is 0 Å². The molecule has 0 amide bonds. The normalized spacial score (nSPS) is 16.2. The summed E-state index contributed by atoms with van der Waals surface area (Å²) in [6.45, 7) is 4.72. The maximum absolute atomic E-state index is 10.1. The molecule has 2 aromatic rings. The van der Waals surface area contributed by atoms with Crippen LogP contribution in [0.3, 0.4) is 0 Å². The van der Waals surface area contributed by atoms with Crippen LogP contribution in [0.25, 0.3) is 0 Å². The number of hydrogen-bond acceptors (Lipinski definition) is 3. The summed E-state index contributed by atoms with van der Waals surface area (Å²) in [5, 5.41) is 10.1. The number of para-hydroxylation sites is 1. The molecule has 4 heteroatoms. The first kappa shape index (κ1) is 12.2. The monoisotopic (exact) mass is 257 g/mol. The van der Waals surface area contributed by atoms with Crippen molar-refractivity contribution in [3.8, 4) is 0 Å². The maximum Gasteiger partial charge on any atom is 0.128 e. The van der Waals surface area contributed by atoms with Gasteiger partial charge in [0, 0.05) is 36.7 Å². The molecule has 1 aliphatic heterocycles. The van der Waals surface area contributed by atoms with E-state index in [0.29, 0.717) is 0 Å². The second-order valence-electron chi connectivity index (χ2n) is 4.94. The fraction of sp³-hybridized carbons (Fsp3) is 0.400. The molecule has 0 spiro atoms. The van der Waals surface area contributed by atoms with Crippen LogP contribution < -0.4 is 4.90 Å². The van der Waals surface area contributed by atoms with Crippen LogP contribution >= 0.6 is 0 Å². The Bertz CT molecular complexity index is 564. The summed E-state index contributed by atoms with van der Waals surface area (Å²) < 4.78 is 2.19. The molecule has 0 saturated carbocycles. The van der Waals surface area contributed by atoms with Crippen LogP contribution in [-0.2, 0) is 13.1 Å². The largest absolute Gasteiger partial charge is 0.388 e. The summed E-state index contributed by atoms with van der Waals surface area (Å²) in [6.07, 6.45) is 4.22. The van der Waals surface area contributed by atoms with Crippen LogP contribution in [0.15, 0.2) is 36.7 Å². The van der Waals surface area contributed by atoms with E-state index in [2.05, 4.69) is 20.5 Å². The first-order chi connectivity index (χ1) is 9.29. The molecule has 0 radical (unpaired) electrons. The maximum atomic E-state index is 10.1. The predicted octanol–water partition coefficient (Wildman–Crippen LogP) is 2.35. The van der Waals surface area contributed by atoms with Crippen LogP contribution in [0.2, 0.25) is 0 Å². The zero-order valence-corrected chi connectivity index (χ0v) is 11.2. The molecule has 1 aliphatic rings. The van der Waals surface area contributed by atoms with E-state index in [9.17, 15) is 5.11 Å². The van der Waals surface area contributed by atoms with Crippen molar-refractivity contribution < 1.29 is 5.11 Å². The van der Waals surface area contributed by atoms with E-state index in [4.69, 9.17) is 0 Å². The average Bonchev–Trinajstić information content (AvgIpc) is 2.93. The molecular formula is C15H19N3O. The van der Waals surface area contributed by atoms with Crippen molar-refractivity contribution in [3.63, 3.8) is 0 Å². The molecule has 2 heterocycles. The lowest BCUT2D eigenvalue weighted by molar-refractivity contribution is 0.174. The van der Waals surface area contributed by atoms with Gasteiger partial charge in [-0.15, -0.1) is 0 Å². The summed E-state index contributed by atoms with van der Waals surface area (Å²) in [7, 11) is 0.